The van der Waals surface area contributed by atoms with Gasteiger partial charge in [0.15, 0.2) is 0 Å². The number of hydrogen-bond donors (Lipinski definition) is 2. The Morgan fingerprint density at radius 3 is 2.23 bits per heavy atom. The Morgan fingerprint density at radius 2 is 1.73 bits per heavy atom. The van der Waals surface area contributed by atoms with E-state index in [1.165, 1.54) is 5.56 Å². The maximum atomic E-state index is 12.3. The van der Waals surface area contributed by atoms with E-state index in [1.807, 2.05) is 0 Å². The number of carbonyl (C=O) groups is 2. The van der Waals surface area contributed by atoms with E-state index in [4.69, 9.17) is 0 Å². The first-order valence-corrected chi connectivity index (χ1v) is 9.93. The normalized spacial score (nSPS) is 20.1. The molecule has 1 aromatic rings. The number of rotatable bonds is 9. The van der Waals surface area contributed by atoms with Crippen LogP contribution in [-0.4, -0.2) is 18.4 Å². The monoisotopic (exact) mass is 358 g/mol. The van der Waals surface area contributed by atoms with Gasteiger partial charge in [-0.3, -0.25) is 9.59 Å². The average molecular weight is 359 g/mol. The second kappa shape index (κ2) is 9.20. The van der Waals surface area contributed by atoms with Gasteiger partial charge in [0.25, 0.3) is 0 Å². The number of benzene rings is 1. The fourth-order valence-corrected chi connectivity index (χ4v) is 3.33. The molecule has 3 atom stereocenters. The Labute approximate surface area is 158 Å². The molecule has 4 heteroatoms. The van der Waals surface area contributed by atoms with Gasteiger partial charge in [-0.05, 0) is 41.7 Å². The summed E-state index contributed by atoms with van der Waals surface area (Å²) in [5.74, 6) is 1.66. The van der Waals surface area contributed by atoms with Crippen molar-refractivity contribution in [1.29, 1.82) is 0 Å². The maximum absolute atomic E-state index is 12.3. The molecule has 0 radical (unpaired) electrons. The third-order valence-corrected chi connectivity index (χ3v) is 5.06. The van der Waals surface area contributed by atoms with Gasteiger partial charge in [-0.25, -0.2) is 0 Å². The van der Waals surface area contributed by atoms with E-state index in [0.29, 0.717) is 30.7 Å². The molecule has 2 N–H and O–H groups in total. The molecule has 0 spiro atoms. The highest BCUT2D eigenvalue weighted by atomic mass is 16.2. The first-order valence-electron chi connectivity index (χ1n) is 9.93. The Morgan fingerprint density at radius 1 is 1.12 bits per heavy atom. The minimum absolute atomic E-state index is 0.00486. The molecule has 2 amide bonds. The van der Waals surface area contributed by atoms with Crippen LogP contribution < -0.4 is 10.6 Å². The van der Waals surface area contributed by atoms with Crippen LogP contribution >= 0.6 is 0 Å². The highest BCUT2D eigenvalue weighted by molar-refractivity contribution is 5.82. The topological polar surface area (TPSA) is 58.2 Å². The summed E-state index contributed by atoms with van der Waals surface area (Å²) in [6.45, 7) is 11.1. The fraction of sp³-hybridized carbons (Fsp3) is 0.636. The summed E-state index contributed by atoms with van der Waals surface area (Å²) < 4.78 is 0. The molecule has 0 saturated heterocycles. The lowest BCUT2D eigenvalue weighted by Gasteiger charge is -2.23. The lowest BCUT2D eigenvalue weighted by Crippen LogP contribution is -2.35. The van der Waals surface area contributed by atoms with E-state index < -0.39 is 0 Å². The Hall–Kier alpha value is -1.84. The van der Waals surface area contributed by atoms with E-state index in [2.05, 4.69) is 69.5 Å². The zero-order valence-electron chi connectivity index (χ0n) is 16.8. The summed E-state index contributed by atoms with van der Waals surface area (Å²) in [6.07, 6.45) is 2.36. The van der Waals surface area contributed by atoms with Crippen molar-refractivity contribution in [3.05, 3.63) is 35.4 Å². The summed E-state index contributed by atoms with van der Waals surface area (Å²) in [5.41, 5.74) is 2.46. The molecule has 1 fully saturated rings. The Bertz CT molecular complexity index is 607. The maximum Gasteiger partial charge on any atom is 0.223 e. The van der Waals surface area contributed by atoms with Crippen LogP contribution in [0.1, 0.15) is 64.6 Å². The lowest BCUT2D eigenvalue weighted by atomic mass is 9.93. The molecule has 1 saturated carbocycles. The van der Waals surface area contributed by atoms with Crippen molar-refractivity contribution in [3.8, 4) is 0 Å². The van der Waals surface area contributed by atoms with E-state index >= 15 is 0 Å². The number of carbonyl (C=O) groups excluding carboxylic acids is 2. The number of nitrogens with one attached hydrogen (secondary N) is 2. The van der Waals surface area contributed by atoms with Crippen molar-refractivity contribution in [2.45, 2.75) is 59.9 Å². The SMILES string of the molecule is CC(C)Cc1ccc(C(NC(=O)CCNC(=O)C2CC2C)C(C)C)cc1. The van der Waals surface area contributed by atoms with E-state index in [9.17, 15) is 9.59 Å². The van der Waals surface area contributed by atoms with Crippen molar-refractivity contribution in [3.63, 3.8) is 0 Å². The molecule has 2 rings (SSSR count). The first kappa shape index (κ1) is 20.5. The highest BCUT2D eigenvalue weighted by Gasteiger charge is 2.38. The fourth-order valence-electron chi connectivity index (χ4n) is 3.33. The standard InChI is InChI=1S/C22H34N2O2/c1-14(2)12-17-6-8-18(9-7-17)21(15(3)4)24-20(25)10-11-23-22(26)19-13-16(19)5/h6-9,14-16,19,21H,10-13H2,1-5H3,(H,23,26)(H,24,25). The van der Waals surface area contributed by atoms with Gasteiger partial charge in [-0.15, -0.1) is 0 Å². The third-order valence-electron chi connectivity index (χ3n) is 5.06. The first-order chi connectivity index (χ1) is 12.3. The largest absolute Gasteiger partial charge is 0.355 e. The van der Waals surface area contributed by atoms with Crippen LogP contribution in [0.25, 0.3) is 0 Å². The summed E-state index contributed by atoms with van der Waals surface area (Å²) in [4.78, 5) is 24.1. The number of amides is 2. The summed E-state index contributed by atoms with van der Waals surface area (Å²) in [7, 11) is 0. The highest BCUT2D eigenvalue weighted by Crippen LogP contribution is 2.37. The predicted molar refractivity (Wildman–Crippen MR) is 106 cm³/mol. The van der Waals surface area contributed by atoms with Gasteiger partial charge in [0, 0.05) is 18.9 Å². The summed E-state index contributed by atoms with van der Waals surface area (Å²) >= 11 is 0. The quantitative estimate of drug-likeness (QED) is 0.704. The predicted octanol–water partition coefficient (Wildman–Crippen LogP) is 3.86. The van der Waals surface area contributed by atoms with Gasteiger partial charge in [-0.2, -0.15) is 0 Å². The van der Waals surface area contributed by atoms with Crippen LogP contribution in [0.3, 0.4) is 0 Å². The lowest BCUT2D eigenvalue weighted by molar-refractivity contribution is -0.123. The molecule has 1 aromatic carbocycles. The van der Waals surface area contributed by atoms with Crippen molar-refractivity contribution in [2.24, 2.45) is 23.7 Å². The van der Waals surface area contributed by atoms with Gasteiger partial charge >= 0.3 is 0 Å². The zero-order valence-corrected chi connectivity index (χ0v) is 16.8. The molecule has 0 bridgehead atoms. The van der Waals surface area contributed by atoms with Gasteiger partial charge in [0.05, 0.1) is 6.04 Å². The van der Waals surface area contributed by atoms with E-state index in [1.54, 1.807) is 0 Å². The Balaban J connectivity index is 1.84. The van der Waals surface area contributed by atoms with Crippen LogP contribution in [0.15, 0.2) is 24.3 Å². The summed E-state index contributed by atoms with van der Waals surface area (Å²) in [6, 6.07) is 8.56. The second-order valence-corrected chi connectivity index (χ2v) is 8.49. The average Bonchev–Trinajstić information content (AvgIpc) is 3.29. The van der Waals surface area contributed by atoms with Gasteiger partial charge in [-0.1, -0.05) is 58.9 Å². The van der Waals surface area contributed by atoms with Gasteiger partial charge in [0.2, 0.25) is 11.8 Å². The molecule has 144 valence electrons. The Kier molecular flexibility index (Phi) is 7.24. The molecule has 0 heterocycles. The second-order valence-electron chi connectivity index (χ2n) is 8.49. The van der Waals surface area contributed by atoms with Crippen molar-refractivity contribution in [2.75, 3.05) is 6.54 Å². The van der Waals surface area contributed by atoms with Crippen LogP contribution in [0.5, 0.6) is 0 Å². The molecule has 3 unspecified atom stereocenters. The zero-order chi connectivity index (χ0) is 19.3. The smallest absolute Gasteiger partial charge is 0.223 e. The molecule has 1 aliphatic carbocycles. The van der Waals surface area contributed by atoms with Crippen LogP contribution in [0, 0.1) is 23.7 Å². The molecule has 1 aliphatic rings. The van der Waals surface area contributed by atoms with Crippen LogP contribution in [-0.2, 0) is 16.0 Å². The van der Waals surface area contributed by atoms with Crippen molar-refractivity contribution in [1.82, 2.24) is 10.6 Å². The van der Waals surface area contributed by atoms with Gasteiger partial charge in [0.1, 0.15) is 0 Å². The molecular weight excluding hydrogens is 324 g/mol. The minimum atomic E-state index is -0.0147. The van der Waals surface area contributed by atoms with Gasteiger partial charge < -0.3 is 10.6 Å². The molecule has 4 nitrogen and oxygen atoms in total. The van der Waals surface area contributed by atoms with E-state index in [0.717, 1.165) is 18.4 Å². The molecular formula is C22H34N2O2. The molecule has 26 heavy (non-hydrogen) atoms. The number of hydrogen-bond acceptors (Lipinski definition) is 2. The summed E-state index contributed by atoms with van der Waals surface area (Å²) in [5, 5.41) is 6.00. The molecule has 0 aliphatic heterocycles. The third kappa shape index (κ3) is 6.15. The van der Waals surface area contributed by atoms with E-state index in [-0.39, 0.29) is 23.8 Å². The van der Waals surface area contributed by atoms with Crippen molar-refractivity contribution >= 4 is 11.8 Å². The van der Waals surface area contributed by atoms with Crippen molar-refractivity contribution < 1.29 is 9.59 Å². The molecule has 0 aromatic heterocycles. The minimum Gasteiger partial charge on any atom is -0.355 e. The van der Waals surface area contributed by atoms with Crippen LogP contribution in [0.2, 0.25) is 0 Å². The van der Waals surface area contributed by atoms with Crippen LogP contribution in [0.4, 0.5) is 0 Å².